The van der Waals surface area contributed by atoms with Crippen molar-refractivity contribution in [2.75, 3.05) is 13.1 Å². The lowest BCUT2D eigenvalue weighted by Gasteiger charge is -2.19. The van der Waals surface area contributed by atoms with Crippen molar-refractivity contribution < 1.29 is 9.53 Å². The maximum Gasteiger partial charge on any atom is 0.307 e. The summed E-state index contributed by atoms with van der Waals surface area (Å²) in [6, 6.07) is 0. The normalized spacial score (nSPS) is 11.6. The maximum atomic E-state index is 11.4. The standard InChI is InChI=1S/C12H22N4O2/c1-12(2,3)18-11(17)6-8-13-7-5-10-15-14-9-16(10)4/h9,13H,5-8H2,1-4H3. The van der Waals surface area contributed by atoms with Gasteiger partial charge in [0.25, 0.3) is 0 Å². The average molecular weight is 254 g/mol. The molecule has 1 aromatic heterocycles. The maximum absolute atomic E-state index is 11.4. The molecule has 1 aromatic rings. The van der Waals surface area contributed by atoms with E-state index >= 15 is 0 Å². The first-order valence-electron chi connectivity index (χ1n) is 6.14. The molecule has 1 N–H and O–H groups in total. The zero-order chi connectivity index (χ0) is 13.6. The molecule has 0 aliphatic rings. The van der Waals surface area contributed by atoms with E-state index in [1.165, 1.54) is 0 Å². The first kappa shape index (κ1) is 14.6. The van der Waals surface area contributed by atoms with Gasteiger partial charge in [-0.15, -0.1) is 10.2 Å². The number of hydrogen-bond acceptors (Lipinski definition) is 5. The largest absolute Gasteiger partial charge is 0.460 e. The molecule has 1 heterocycles. The monoisotopic (exact) mass is 254 g/mol. The number of carbonyl (C=O) groups is 1. The molecule has 18 heavy (non-hydrogen) atoms. The third-order valence-electron chi connectivity index (χ3n) is 2.26. The highest BCUT2D eigenvalue weighted by atomic mass is 16.6. The van der Waals surface area contributed by atoms with Crippen LogP contribution < -0.4 is 5.32 Å². The molecule has 0 fully saturated rings. The molecule has 1 rings (SSSR count). The Kier molecular flexibility index (Phi) is 5.27. The Morgan fingerprint density at radius 3 is 2.72 bits per heavy atom. The third-order valence-corrected chi connectivity index (χ3v) is 2.26. The van der Waals surface area contributed by atoms with E-state index in [2.05, 4.69) is 15.5 Å². The van der Waals surface area contributed by atoms with Gasteiger partial charge in [0, 0.05) is 26.6 Å². The Hall–Kier alpha value is -1.43. The Bertz CT molecular complexity index is 382. The van der Waals surface area contributed by atoms with Gasteiger partial charge in [-0.05, 0) is 20.8 Å². The lowest BCUT2D eigenvalue weighted by molar-refractivity contribution is -0.154. The number of hydrogen-bond donors (Lipinski definition) is 1. The van der Waals surface area contributed by atoms with Gasteiger partial charge in [0.2, 0.25) is 0 Å². The fourth-order valence-corrected chi connectivity index (χ4v) is 1.44. The van der Waals surface area contributed by atoms with Gasteiger partial charge >= 0.3 is 5.97 Å². The van der Waals surface area contributed by atoms with Crippen molar-refractivity contribution in [3.05, 3.63) is 12.2 Å². The second kappa shape index (κ2) is 6.49. The van der Waals surface area contributed by atoms with E-state index in [-0.39, 0.29) is 5.97 Å². The Morgan fingerprint density at radius 2 is 2.17 bits per heavy atom. The molecule has 0 aliphatic carbocycles. The van der Waals surface area contributed by atoms with Crippen LogP contribution in [-0.2, 0) is 23.0 Å². The molecule has 0 unspecified atom stereocenters. The zero-order valence-corrected chi connectivity index (χ0v) is 11.6. The lowest BCUT2D eigenvalue weighted by Crippen LogP contribution is -2.27. The summed E-state index contributed by atoms with van der Waals surface area (Å²) in [5.74, 6) is 0.758. The summed E-state index contributed by atoms with van der Waals surface area (Å²) in [5.41, 5.74) is -0.407. The third kappa shape index (κ3) is 5.77. The van der Waals surface area contributed by atoms with Crippen molar-refractivity contribution in [2.45, 2.75) is 39.2 Å². The molecule has 0 aliphatic heterocycles. The smallest absolute Gasteiger partial charge is 0.307 e. The van der Waals surface area contributed by atoms with Gasteiger partial charge in [0.15, 0.2) is 0 Å². The number of nitrogens with one attached hydrogen (secondary N) is 1. The average Bonchev–Trinajstić information content (AvgIpc) is 2.61. The first-order chi connectivity index (χ1) is 8.38. The summed E-state index contributed by atoms with van der Waals surface area (Å²) in [6.45, 7) is 6.99. The molecule has 0 radical (unpaired) electrons. The summed E-state index contributed by atoms with van der Waals surface area (Å²) in [6.07, 6.45) is 2.86. The molecule has 6 nitrogen and oxygen atoms in total. The lowest BCUT2D eigenvalue weighted by atomic mass is 10.2. The summed E-state index contributed by atoms with van der Waals surface area (Å²) >= 11 is 0. The van der Waals surface area contributed by atoms with E-state index < -0.39 is 5.60 Å². The van der Waals surface area contributed by atoms with E-state index in [0.717, 1.165) is 18.8 Å². The molecular weight excluding hydrogens is 232 g/mol. The van der Waals surface area contributed by atoms with Crippen LogP contribution in [-0.4, -0.2) is 39.4 Å². The highest BCUT2D eigenvalue weighted by Crippen LogP contribution is 2.07. The van der Waals surface area contributed by atoms with Crippen LogP contribution in [0, 0.1) is 0 Å². The van der Waals surface area contributed by atoms with Crippen LogP contribution in [0.25, 0.3) is 0 Å². The Labute approximate surface area is 108 Å². The second-order valence-electron chi connectivity index (χ2n) is 5.19. The minimum Gasteiger partial charge on any atom is -0.460 e. The summed E-state index contributed by atoms with van der Waals surface area (Å²) in [4.78, 5) is 11.4. The van der Waals surface area contributed by atoms with Crippen LogP contribution in [0.15, 0.2) is 6.33 Å². The number of esters is 1. The van der Waals surface area contributed by atoms with E-state index in [4.69, 9.17) is 4.74 Å². The molecule has 6 heteroatoms. The minimum absolute atomic E-state index is 0.173. The molecule has 0 saturated carbocycles. The number of carbonyl (C=O) groups excluding carboxylic acids is 1. The van der Waals surface area contributed by atoms with Crippen molar-refractivity contribution in [1.82, 2.24) is 20.1 Å². The summed E-state index contributed by atoms with van der Waals surface area (Å²) < 4.78 is 7.09. The van der Waals surface area contributed by atoms with Crippen molar-refractivity contribution in [1.29, 1.82) is 0 Å². The van der Waals surface area contributed by atoms with Gasteiger partial charge in [-0.2, -0.15) is 0 Å². The predicted molar refractivity (Wildman–Crippen MR) is 68.0 cm³/mol. The van der Waals surface area contributed by atoms with Crippen LogP contribution in [0.1, 0.15) is 33.0 Å². The van der Waals surface area contributed by atoms with Crippen LogP contribution in [0.5, 0.6) is 0 Å². The molecule has 0 atom stereocenters. The molecule has 0 aromatic carbocycles. The number of ether oxygens (including phenoxy) is 1. The number of aromatic nitrogens is 3. The van der Waals surface area contributed by atoms with Crippen molar-refractivity contribution in [3.63, 3.8) is 0 Å². The summed E-state index contributed by atoms with van der Waals surface area (Å²) in [5, 5.41) is 11.0. The van der Waals surface area contributed by atoms with Crippen molar-refractivity contribution in [3.8, 4) is 0 Å². The van der Waals surface area contributed by atoms with Gasteiger partial charge < -0.3 is 14.6 Å². The first-order valence-corrected chi connectivity index (χ1v) is 6.14. The van der Waals surface area contributed by atoms with Crippen LogP contribution >= 0.6 is 0 Å². The number of aryl methyl sites for hydroxylation is 1. The molecule has 102 valence electrons. The number of rotatable bonds is 6. The topological polar surface area (TPSA) is 69.0 Å². The van der Waals surface area contributed by atoms with Crippen LogP contribution in [0.3, 0.4) is 0 Å². The molecular formula is C12H22N4O2. The molecule has 0 spiro atoms. The van der Waals surface area contributed by atoms with Gasteiger partial charge in [-0.3, -0.25) is 4.79 Å². The SMILES string of the molecule is Cn1cnnc1CCNCCC(=O)OC(C)(C)C. The van der Waals surface area contributed by atoms with E-state index in [1.807, 2.05) is 32.4 Å². The highest BCUT2D eigenvalue weighted by Gasteiger charge is 2.15. The second-order valence-corrected chi connectivity index (χ2v) is 5.19. The minimum atomic E-state index is -0.407. The molecule has 0 bridgehead atoms. The predicted octanol–water partition coefficient (Wildman–Crippen LogP) is 0.679. The van der Waals surface area contributed by atoms with Crippen molar-refractivity contribution >= 4 is 5.97 Å². The van der Waals surface area contributed by atoms with Crippen LogP contribution in [0.2, 0.25) is 0 Å². The fourth-order valence-electron chi connectivity index (χ4n) is 1.44. The quantitative estimate of drug-likeness (QED) is 0.597. The van der Waals surface area contributed by atoms with E-state index in [9.17, 15) is 4.79 Å². The fraction of sp³-hybridized carbons (Fsp3) is 0.750. The van der Waals surface area contributed by atoms with E-state index in [1.54, 1.807) is 6.33 Å². The van der Waals surface area contributed by atoms with Crippen molar-refractivity contribution in [2.24, 2.45) is 7.05 Å². The Balaban J connectivity index is 2.09. The van der Waals surface area contributed by atoms with Gasteiger partial charge in [-0.1, -0.05) is 0 Å². The molecule has 0 amide bonds. The molecule has 0 saturated heterocycles. The number of nitrogens with zero attached hydrogens (tertiary/aromatic N) is 3. The Morgan fingerprint density at radius 1 is 1.44 bits per heavy atom. The highest BCUT2D eigenvalue weighted by molar-refractivity contribution is 5.70. The van der Waals surface area contributed by atoms with Gasteiger partial charge in [0.1, 0.15) is 17.8 Å². The summed E-state index contributed by atoms with van der Waals surface area (Å²) in [7, 11) is 1.91. The zero-order valence-electron chi connectivity index (χ0n) is 11.6. The van der Waals surface area contributed by atoms with E-state index in [0.29, 0.717) is 13.0 Å². The van der Waals surface area contributed by atoms with Gasteiger partial charge in [-0.25, -0.2) is 0 Å². The van der Waals surface area contributed by atoms with Crippen LogP contribution in [0.4, 0.5) is 0 Å². The van der Waals surface area contributed by atoms with Gasteiger partial charge in [0.05, 0.1) is 6.42 Å².